The van der Waals surface area contributed by atoms with Crippen molar-refractivity contribution in [3.05, 3.63) is 56.7 Å². The van der Waals surface area contributed by atoms with E-state index in [9.17, 15) is 14.4 Å². The zero-order valence-corrected chi connectivity index (χ0v) is 18.9. The van der Waals surface area contributed by atoms with Gasteiger partial charge in [-0.1, -0.05) is 57.5 Å². The zero-order chi connectivity index (χ0) is 22.8. The Morgan fingerprint density at radius 3 is 2.26 bits per heavy atom. The van der Waals surface area contributed by atoms with Gasteiger partial charge in [0.05, 0.1) is 13.1 Å². The number of rotatable bonds is 12. The van der Waals surface area contributed by atoms with E-state index in [2.05, 4.69) is 23.7 Å². The molecule has 0 aliphatic heterocycles. The van der Waals surface area contributed by atoms with E-state index in [1.165, 1.54) is 9.47 Å². The molecule has 1 aromatic heterocycles. The van der Waals surface area contributed by atoms with Crippen LogP contribution in [0.5, 0.6) is 0 Å². The van der Waals surface area contributed by atoms with Crippen LogP contribution >= 0.6 is 0 Å². The van der Waals surface area contributed by atoms with Gasteiger partial charge in [-0.25, -0.2) is 4.79 Å². The van der Waals surface area contributed by atoms with Crippen LogP contribution in [0.15, 0.2) is 39.9 Å². The minimum absolute atomic E-state index is 0.0315. The molecule has 8 heteroatoms. The van der Waals surface area contributed by atoms with Gasteiger partial charge in [0.1, 0.15) is 5.82 Å². The van der Waals surface area contributed by atoms with Crippen LogP contribution in [0, 0.1) is 0 Å². The summed E-state index contributed by atoms with van der Waals surface area (Å²) in [6.07, 6.45) is 3.46. The second-order valence-electron chi connectivity index (χ2n) is 7.74. The molecule has 0 aliphatic carbocycles. The van der Waals surface area contributed by atoms with E-state index >= 15 is 0 Å². The van der Waals surface area contributed by atoms with Gasteiger partial charge in [0.15, 0.2) is 5.69 Å². The van der Waals surface area contributed by atoms with Crippen molar-refractivity contribution >= 4 is 17.4 Å². The van der Waals surface area contributed by atoms with Crippen LogP contribution in [-0.2, 0) is 17.9 Å². The van der Waals surface area contributed by atoms with Crippen LogP contribution in [-0.4, -0.2) is 40.0 Å². The number of nitrogens with two attached hydrogens (primary N) is 1. The number of amides is 1. The quantitative estimate of drug-likeness (QED) is 0.540. The fourth-order valence-corrected chi connectivity index (χ4v) is 3.61. The number of nitrogens with one attached hydrogen (secondary N) is 1. The molecule has 0 aliphatic rings. The second kappa shape index (κ2) is 12.1. The Hall–Kier alpha value is -2.87. The summed E-state index contributed by atoms with van der Waals surface area (Å²) in [5.41, 5.74) is 6.02. The lowest BCUT2D eigenvalue weighted by molar-refractivity contribution is -0.119. The first-order chi connectivity index (χ1) is 14.9. The van der Waals surface area contributed by atoms with E-state index in [-0.39, 0.29) is 30.5 Å². The van der Waals surface area contributed by atoms with Gasteiger partial charge in [-0.15, -0.1) is 0 Å². The van der Waals surface area contributed by atoms with Gasteiger partial charge in [-0.05, 0) is 37.9 Å². The minimum Gasteiger partial charge on any atom is -0.383 e. The van der Waals surface area contributed by atoms with Gasteiger partial charge >= 0.3 is 5.69 Å². The molecule has 0 atom stereocenters. The lowest BCUT2D eigenvalue weighted by Gasteiger charge is -2.28. The van der Waals surface area contributed by atoms with Gasteiger partial charge in [0.2, 0.25) is 5.91 Å². The molecule has 0 bridgehead atoms. The van der Waals surface area contributed by atoms with E-state index in [1.54, 1.807) is 0 Å². The molecule has 0 radical (unpaired) electrons. The summed E-state index contributed by atoms with van der Waals surface area (Å²) in [7, 11) is 0. The van der Waals surface area contributed by atoms with Crippen molar-refractivity contribution in [2.75, 3.05) is 30.3 Å². The van der Waals surface area contributed by atoms with E-state index in [4.69, 9.17) is 5.73 Å². The molecule has 2 aromatic rings. The molecule has 1 heterocycles. The van der Waals surface area contributed by atoms with Crippen molar-refractivity contribution in [2.24, 2.45) is 0 Å². The maximum atomic E-state index is 13.4. The summed E-state index contributed by atoms with van der Waals surface area (Å²) in [4.78, 5) is 44.4. The number of hydrogen-bond donors (Lipinski definition) is 2. The smallest absolute Gasteiger partial charge is 0.330 e. The first-order valence-corrected chi connectivity index (χ1v) is 11.1. The van der Waals surface area contributed by atoms with E-state index in [0.29, 0.717) is 6.54 Å². The van der Waals surface area contributed by atoms with Crippen LogP contribution in [0.3, 0.4) is 0 Å². The van der Waals surface area contributed by atoms with Gasteiger partial charge in [0.25, 0.3) is 5.56 Å². The Morgan fingerprint density at radius 2 is 1.68 bits per heavy atom. The molecule has 8 nitrogen and oxygen atoms in total. The van der Waals surface area contributed by atoms with E-state index in [1.807, 2.05) is 37.3 Å². The maximum Gasteiger partial charge on any atom is 0.330 e. The molecule has 0 unspecified atom stereocenters. The Labute approximate surface area is 183 Å². The number of aromatic nitrogens is 2. The summed E-state index contributed by atoms with van der Waals surface area (Å²) < 4.78 is 1.35. The van der Waals surface area contributed by atoms with E-state index < -0.39 is 11.2 Å². The number of H-pyrrole nitrogens is 1. The van der Waals surface area contributed by atoms with Gasteiger partial charge in [-0.3, -0.25) is 28.9 Å². The Morgan fingerprint density at radius 1 is 1.03 bits per heavy atom. The normalized spacial score (nSPS) is 11.1. The molecule has 0 saturated heterocycles. The highest BCUT2D eigenvalue weighted by Crippen LogP contribution is 2.20. The summed E-state index contributed by atoms with van der Waals surface area (Å²) in [5.74, 6) is -0.187. The molecule has 0 saturated carbocycles. The highest BCUT2D eigenvalue weighted by atomic mass is 16.2. The zero-order valence-electron chi connectivity index (χ0n) is 18.9. The average molecular weight is 430 g/mol. The molecule has 2 rings (SSSR count). The largest absolute Gasteiger partial charge is 0.383 e. The molecule has 1 amide bonds. The molecular weight excluding hydrogens is 394 g/mol. The number of hydrogen-bond acceptors (Lipinski definition) is 5. The maximum absolute atomic E-state index is 13.4. The number of nitrogen functional groups attached to an aromatic ring is 1. The van der Waals surface area contributed by atoms with Crippen molar-refractivity contribution in [2.45, 2.75) is 59.5 Å². The third-order valence-corrected chi connectivity index (χ3v) is 5.14. The fourth-order valence-electron chi connectivity index (χ4n) is 3.61. The number of carbonyl (C=O) groups excluding carboxylic acids is 1. The summed E-state index contributed by atoms with van der Waals surface area (Å²) in [6, 6.07) is 9.45. The van der Waals surface area contributed by atoms with Gasteiger partial charge < -0.3 is 5.73 Å². The predicted molar refractivity (Wildman–Crippen MR) is 125 cm³/mol. The Bertz CT molecular complexity index is 946. The predicted octanol–water partition coefficient (Wildman–Crippen LogP) is 2.57. The standard InChI is InChI=1S/C23H35N5O3/c1-4-7-15-27-21(24)20(22(30)25-23(27)31)28(16-18-11-9-8-10-12-18)19(29)17-26(13-5-2)14-6-3/h8-12H,4-7,13-17,24H2,1-3H3,(H,25,30,31). The SMILES string of the molecule is CCCCn1c(N)c(N(Cc2ccccc2)C(=O)CN(CCC)CCC)c(=O)[nH]c1=O. The number of aromatic amines is 1. The summed E-state index contributed by atoms with van der Waals surface area (Å²) in [6.45, 7) is 8.50. The van der Waals surface area contributed by atoms with Crippen LogP contribution in [0.4, 0.5) is 11.5 Å². The van der Waals surface area contributed by atoms with Crippen molar-refractivity contribution < 1.29 is 4.79 Å². The number of nitrogens with zero attached hydrogens (tertiary/aromatic N) is 3. The van der Waals surface area contributed by atoms with Gasteiger partial charge in [0, 0.05) is 6.54 Å². The molecule has 31 heavy (non-hydrogen) atoms. The molecule has 170 valence electrons. The third kappa shape index (κ3) is 6.55. The van der Waals surface area contributed by atoms with Crippen LogP contribution in [0.2, 0.25) is 0 Å². The fraction of sp³-hybridized carbons (Fsp3) is 0.522. The first kappa shape index (κ1) is 24.4. The first-order valence-electron chi connectivity index (χ1n) is 11.1. The Kier molecular flexibility index (Phi) is 9.52. The lowest BCUT2D eigenvalue weighted by atomic mass is 10.2. The number of carbonyl (C=O) groups is 1. The summed E-state index contributed by atoms with van der Waals surface area (Å²) >= 11 is 0. The number of unbranched alkanes of at least 4 members (excludes halogenated alkanes) is 1. The highest BCUT2D eigenvalue weighted by molar-refractivity contribution is 5.96. The van der Waals surface area contributed by atoms with Crippen LogP contribution < -0.4 is 21.9 Å². The van der Waals surface area contributed by atoms with Crippen molar-refractivity contribution in [1.29, 1.82) is 0 Å². The molecule has 0 spiro atoms. The number of benzene rings is 1. The van der Waals surface area contributed by atoms with Crippen molar-refractivity contribution in [3.8, 4) is 0 Å². The van der Waals surface area contributed by atoms with Gasteiger partial charge in [-0.2, -0.15) is 0 Å². The molecule has 3 N–H and O–H groups in total. The lowest BCUT2D eigenvalue weighted by Crippen LogP contribution is -2.45. The average Bonchev–Trinajstić information content (AvgIpc) is 2.73. The monoisotopic (exact) mass is 429 g/mol. The molecular formula is C23H35N5O3. The van der Waals surface area contributed by atoms with Crippen molar-refractivity contribution in [1.82, 2.24) is 14.5 Å². The Balaban J connectivity index is 2.51. The van der Waals surface area contributed by atoms with Crippen molar-refractivity contribution in [3.63, 3.8) is 0 Å². The topological polar surface area (TPSA) is 104 Å². The van der Waals surface area contributed by atoms with Crippen LogP contribution in [0.25, 0.3) is 0 Å². The number of anilines is 2. The molecule has 1 aromatic carbocycles. The van der Waals surface area contributed by atoms with E-state index in [0.717, 1.165) is 44.3 Å². The summed E-state index contributed by atoms with van der Waals surface area (Å²) in [5, 5.41) is 0. The molecule has 0 fully saturated rings. The van der Waals surface area contributed by atoms with Crippen LogP contribution in [0.1, 0.15) is 52.0 Å². The third-order valence-electron chi connectivity index (χ3n) is 5.14. The second-order valence-corrected chi connectivity index (χ2v) is 7.74. The highest BCUT2D eigenvalue weighted by Gasteiger charge is 2.25. The minimum atomic E-state index is -0.642.